The van der Waals surface area contributed by atoms with E-state index in [2.05, 4.69) is 4.99 Å². The van der Waals surface area contributed by atoms with Gasteiger partial charge in [0.2, 0.25) is 0 Å². The van der Waals surface area contributed by atoms with E-state index in [1.54, 1.807) is 29.2 Å². The first-order valence-corrected chi connectivity index (χ1v) is 10.4. The van der Waals surface area contributed by atoms with Crippen molar-refractivity contribution in [3.63, 3.8) is 0 Å². The summed E-state index contributed by atoms with van der Waals surface area (Å²) in [6.07, 6.45) is -0.338. The Balaban J connectivity index is 2.07. The molecule has 0 saturated carbocycles. The lowest BCUT2D eigenvalue weighted by Gasteiger charge is -2.25. The van der Waals surface area contributed by atoms with E-state index in [1.165, 1.54) is 11.8 Å². The Morgan fingerprint density at radius 1 is 1.42 bits per heavy atom. The molecule has 2 saturated heterocycles. The molecule has 2 aliphatic heterocycles. The van der Waals surface area contributed by atoms with Gasteiger partial charge in [0.25, 0.3) is 5.91 Å². The van der Waals surface area contributed by atoms with Gasteiger partial charge >= 0.3 is 0 Å². The van der Waals surface area contributed by atoms with Gasteiger partial charge in [0.05, 0.1) is 39.3 Å². The van der Waals surface area contributed by atoms with Gasteiger partial charge in [0.15, 0.2) is 15.0 Å². The predicted octanol–water partition coefficient (Wildman–Crippen LogP) is 2.51. The van der Waals surface area contributed by atoms with Crippen molar-refractivity contribution >= 4 is 61.6 Å². The van der Waals surface area contributed by atoms with Gasteiger partial charge in [-0.05, 0) is 12.1 Å². The summed E-state index contributed by atoms with van der Waals surface area (Å²) in [5.74, 6) is -0.604. The molecule has 0 bridgehead atoms. The lowest BCUT2D eigenvalue weighted by molar-refractivity contribution is -0.116. The molecule has 0 unspecified atom stereocenters. The minimum absolute atomic E-state index is 0.0163. The van der Waals surface area contributed by atoms with Crippen LogP contribution in [0.4, 0.5) is 5.69 Å². The third-order valence-electron chi connectivity index (χ3n) is 3.71. The van der Waals surface area contributed by atoms with Crippen LogP contribution in [-0.2, 0) is 14.6 Å². The fourth-order valence-corrected chi connectivity index (χ4v) is 7.05. The summed E-state index contributed by atoms with van der Waals surface area (Å²) in [6.45, 7) is 0. The van der Waals surface area contributed by atoms with Gasteiger partial charge in [-0.15, -0.1) is 0 Å². The quantitative estimate of drug-likeness (QED) is 0.753. The summed E-state index contributed by atoms with van der Waals surface area (Å²) in [5, 5.41) is 9.33. The number of benzene rings is 1. The predicted molar refractivity (Wildman–Crippen MR) is 95.4 cm³/mol. The van der Waals surface area contributed by atoms with E-state index in [-0.39, 0.29) is 34.2 Å². The molecule has 0 N–H and O–H groups in total. The van der Waals surface area contributed by atoms with Crippen molar-refractivity contribution < 1.29 is 13.2 Å². The number of hydrogen-bond acceptors (Lipinski definition) is 5. The van der Waals surface area contributed by atoms with Crippen molar-refractivity contribution in [2.45, 2.75) is 17.7 Å². The van der Waals surface area contributed by atoms with Crippen LogP contribution < -0.4 is 4.90 Å². The molecule has 6 nitrogen and oxygen atoms in total. The summed E-state index contributed by atoms with van der Waals surface area (Å²) >= 11 is 13.6. The molecule has 0 aliphatic carbocycles. The molecule has 1 aromatic rings. The third-order valence-corrected chi connectivity index (χ3v) is 7.73. The summed E-state index contributed by atoms with van der Waals surface area (Å²) in [6, 6.07) is 6.40. The van der Waals surface area contributed by atoms with Crippen LogP contribution in [0.3, 0.4) is 0 Å². The Hall–Kier alpha value is -1.27. The molecule has 2 heterocycles. The minimum Gasteiger partial charge on any atom is -0.314 e. The van der Waals surface area contributed by atoms with Crippen LogP contribution >= 0.6 is 35.0 Å². The Labute approximate surface area is 153 Å². The lowest BCUT2D eigenvalue weighted by atomic mass is 10.2. The van der Waals surface area contributed by atoms with Crippen molar-refractivity contribution in [3.8, 4) is 6.07 Å². The topological polar surface area (TPSA) is 90.6 Å². The highest BCUT2D eigenvalue weighted by molar-refractivity contribution is 8.16. The zero-order valence-corrected chi connectivity index (χ0v) is 15.3. The zero-order valence-electron chi connectivity index (χ0n) is 12.1. The number of halogens is 2. The first-order chi connectivity index (χ1) is 11.3. The molecule has 2 fully saturated rings. The molecule has 0 aromatic heterocycles. The lowest BCUT2D eigenvalue weighted by Crippen LogP contribution is -2.38. The molecule has 126 valence electrons. The zero-order chi connectivity index (χ0) is 17.5. The van der Waals surface area contributed by atoms with Crippen LogP contribution in [0.25, 0.3) is 0 Å². The number of carbonyl (C=O) groups excluding carboxylic acids is 1. The molecule has 0 spiro atoms. The average Bonchev–Trinajstić information content (AvgIpc) is 2.94. The van der Waals surface area contributed by atoms with Crippen molar-refractivity contribution in [1.29, 1.82) is 5.26 Å². The standard InChI is InChI=1S/C14H11Cl2N3O3S2/c15-8-2-1-3-9(13(8)16)19-10-6-24(21,22)7-11(10)23-14(19)18-12(20)4-5-17/h1-3,10-11H,4,6-7H2/t10-,11-/m0/s1. The first-order valence-electron chi connectivity index (χ1n) is 6.91. The molecule has 2 atom stereocenters. The highest BCUT2D eigenvalue weighted by Gasteiger charge is 2.49. The average molecular weight is 404 g/mol. The van der Waals surface area contributed by atoms with Gasteiger partial charge in [0, 0.05) is 5.25 Å². The smallest absolute Gasteiger partial charge is 0.262 e. The number of nitrogens with zero attached hydrogens (tertiary/aromatic N) is 3. The van der Waals surface area contributed by atoms with Gasteiger partial charge in [-0.1, -0.05) is 41.0 Å². The molecule has 3 rings (SSSR count). The molecule has 1 aromatic carbocycles. The highest BCUT2D eigenvalue weighted by atomic mass is 35.5. The van der Waals surface area contributed by atoms with Crippen LogP contribution in [0.2, 0.25) is 10.0 Å². The van der Waals surface area contributed by atoms with Gasteiger partial charge < -0.3 is 4.90 Å². The van der Waals surface area contributed by atoms with Crippen molar-refractivity contribution in [2.24, 2.45) is 4.99 Å². The monoisotopic (exact) mass is 403 g/mol. The number of amidine groups is 1. The number of hydrogen-bond donors (Lipinski definition) is 0. The van der Waals surface area contributed by atoms with Crippen molar-refractivity contribution in [3.05, 3.63) is 28.2 Å². The van der Waals surface area contributed by atoms with Gasteiger partial charge in [-0.25, -0.2) is 8.42 Å². The second-order valence-electron chi connectivity index (χ2n) is 5.37. The molecule has 1 amide bonds. The number of amides is 1. The largest absolute Gasteiger partial charge is 0.314 e. The Morgan fingerprint density at radius 3 is 2.88 bits per heavy atom. The number of carbonyl (C=O) groups is 1. The highest BCUT2D eigenvalue weighted by Crippen LogP contribution is 2.44. The number of anilines is 1. The second kappa shape index (κ2) is 6.56. The Morgan fingerprint density at radius 2 is 2.17 bits per heavy atom. The molecular weight excluding hydrogens is 393 g/mol. The number of fused-ring (bicyclic) bond motifs is 1. The third kappa shape index (κ3) is 3.26. The minimum atomic E-state index is -3.16. The number of aliphatic imine (C=N–C) groups is 1. The van der Waals surface area contributed by atoms with Crippen molar-refractivity contribution in [1.82, 2.24) is 0 Å². The normalized spacial score (nSPS) is 26.4. The SMILES string of the molecule is N#CCC(=O)N=C1S[C@H]2CS(=O)(=O)C[C@@H]2N1c1cccc(Cl)c1Cl. The van der Waals surface area contributed by atoms with E-state index >= 15 is 0 Å². The number of sulfone groups is 1. The van der Waals surface area contributed by atoms with E-state index < -0.39 is 15.7 Å². The molecule has 10 heteroatoms. The van der Waals surface area contributed by atoms with Crippen LogP contribution in [0.1, 0.15) is 6.42 Å². The first kappa shape index (κ1) is 17.5. The van der Waals surface area contributed by atoms with E-state index in [9.17, 15) is 13.2 Å². The fourth-order valence-electron chi connectivity index (χ4n) is 2.74. The van der Waals surface area contributed by atoms with E-state index in [0.29, 0.717) is 15.9 Å². The number of thioether (sulfide) groups is 1. The van der Waals surface area contributed by atoms with E-state index in [1.807, 2.05) is 0 Å². The number of rotatable bonds is 2. The van der Waals surface area contributed by atoms with Crippen LogP contribution in [-0.4, -0.2) is 42.3 Å². The maximum absolute atomic E-state index is 12.0. The maximum atomic E-state index is 12.0. The molecule has 24 heavy (non-hydrogen) atoms. The van der Waals surface area contributed by atoms with Crippen LogP contribution in [0, 0.1) is 11.3 Å². The molecule has 0 radical (unpaired) electrons. The molecular formula is C14H11Cl2N3O3S2. The van der Waals surface area contributed by atoms with Crippen LogP contribution in [0.5, 0.6) is 0 Å². The van der Waals surface area contributed by atoms with Gasteiger partial charge in [-0.2, -0.15) is 10.3 Å². The summed E-state index contributed by atoms with van der Waals surface area (Å²) < 4.78 is 23.9. The van der Waals surface area contributed by atoms with E-state index in [0.717, 1.165) is 0 Å². The maximum Gasteiger partial charge on any atom is 0.262 e. The number of nitriles is 1. The summed E-state index contributed by atoms with van der Waals surface area (Å²) in [7, 11) is -3.16. The van der Waals surface area contributed by atoms with Gasteiger partial charge in [-0.3, -0.25) is 4.79 Å². The molecule has 2 aliphatic rings. The summed E-state index contributed by atoms with van der Waals surface area (Å²) in [5.41, 5.74) is 0.504. The van der Waals surface area contributed by atoms with Gasteiger partial charge in [0.1, 0.15) is 6.42 Å². The Bertz CT molecular complexity index is 880. The van der Waals surface area contributed by atoms with Crippen LogP contribution in [0.15, 0.2) is 23.2 Å². The van der Waals surface area contributed by atoms with Crippen molar-refractivity contribution in [2.75, 3.05) is 16.4 Å². The fraction of sp³-hybridized carbons (Fsp3) is 0.357. The second-order valence-corrected chi connectivity index (χ2v) is 9.51. The summed E-state index contributed by atoms with van der Waals surface area (Å²) in [4.78, 5) is 17.4. The van der Waals surface area contributed by atoms with E-state index in [4.69, 9.17) is 28.5 Å². The Kier molecular flexibility index (Phi) is 4.80.